The fraction of sp³-hybridized carbons (Fsp3) is 0.0526. The Morgan fingerprint density at radius 2 is 0.940 bits per heavy atom. The van der Waals surface area contributed by atoms with Gasteiger partial charge in [0.1, 0.15) is 12.1 Å². The van der Waals surface area contributed by atoms with Crippen molar-refractivity contribution in [2.45, 2.75) is 0 Å². The molecule has 12 heteroatoms. The van der Waals surface area contributed by atoms with E-state index in [4.69, 9.17) is 0 Å². The summed E-state index contributed by atoms with van der Waals surface area (Å²) >= 11 is 9.37. The van der Waals surface area contributed by atoms with Crippen LogP contribution in [0.5, 0.6) is 0 Å². The molecule has 6 aromatic heterocycles. The number of rotatable bonds is 8. The number of amides is 2. The summed E-state index contributed by atoms with van der Waals surface area (Å²) in [5.74, 6) is -0.398. The molecule has 2 amide bonds. The summed E-state index contributed by atoms with van der Waals surface area (Å²) in [7, 11) is 3.46. The summed E-state index contributed by atoms with van der Waals surface area (Å²) in [5, 5.41) is 23.3. The molecule has 8 rings (SSSR count). The smallest absolute Gasteiger partial charge is 0.261 e. The Bertz CT molecular complexity index is 2360. The molecular formula is C38H22N4O2S6. The van der Waals surface area contributed by atoms with Crippen molar-refractivity contribution in [1.82, 2.24) is 9.80 Å². The number of nitriles is 2. The first-order valence-electron chi connectivity index (χ1n) is 15.1. The van der Waals surface area contributed by atoms with Crippen molar-refractivity contribution in [3.05, 3.63) is 124 Å². The van der Waals surface area contributed by atoms with Crippen LogP contribution < -0.4 is 0 Å². The van der Waals surface area contributed by atoms with Crippen LogP contribution in [0, 0.1) is 22.7 Å². The van der Waals surface area contributed by atoms with Gasteiger partial charge in [0, 0.05) is 53.1 Å². The van der Waals surface area contributed by atoms with Crippen LogP contribution in [0.3, 0.4) is 0 Å². The maximum atomic E-state index is 13.9. The lowest BCUT2D eigenvalue weighted by Crippen LogP contribution is -2.24. The Morgan fingerprint density at radius 1 is 0.560 bits per heavy atom. The van der Waals surface area contributed by atoms with Crippen LogP contribution in [0.1, 0.15) is 29.3 Å². The first kappa shape index (κ1) is 32.3. The zero-order valence-corrected chi connectivity index (χ0v) is 31.2. The minimum absolute atomic E-state index is 0.199. The van der Waals surface area contributed by atoms with E-state index in [1.165, 1.54) is 22.7 Å². The highest BCUT2D eigenvalue weighted by molar-refractivity contribution is 7.23. The summed E-state index contributed by atoms with van der Waals surface area (Å²) in [6.07, 6.45) is 3.82. The van der Waals surface area contributed by atoms with E-state index in [-0.39, 0.29) is 11.8 Å². The number of thiophene rings is 6. The standard InChI is InChI=1S/C38H22N4O2S6/c1-41-35(31-13-11-29(49-31)27-9-7-23(47-27)17-21(19-39)25-5-3-15-45-25)33-34(37(41)43)36(42(2)38(33)44)32-14-12-30(50-32)28-10-8-24(48-28)18-22(20-40)26-6-4-16-46-26/h3-18H,1-2H3/b21-17+,22-18+. The molecule has 6 aromatic rings. The Balaban J connectivity index is 1.10. The van der Waals surface area contributed by atoms with Gasteiger partial charge in [-0.2, -0.15) is 10.5 Å². The summed E-state index contributed by atoms with van der Waals surface area (Å²) in [6.45, 7) is 0. The van der Waals surface area contributed by atoms with Crippen LogP contribution >= 0.6 is 68.0 Å². The normalized spacial score (nSPS) is 15.0. The van der Waals surface area contributed by atoms with Gasteiger partial charge in [0.15, 0.2) is 0 Å². The topological polar surface area (TPSA) is 88.2 Å². The van der Waals surface area contributed by atoms with Crippen LogP contribution in [0.25, 0.3) is 54.2 Å². The average Bonchev–Trinajstić information content (AvgIpc) is 3.95. The molecule has 6 nitrogen and oxygen atoms in total. The highest BCUT2D eigenvalue weighted by Gasteiger charge is 2.47. The lowest BCUT2D eigenvalue weighted by Gasteiger charge is -2.18. The van der Waals surface area contributed by atoms with Crippen LogP contribution in [0.2, 0.25) is 0 Å². The zero-order chi connectivity index (χ0) is 34.5. The minimum atomic E-state index is -0.199. The molecule has 242 valence electrons. The summed E-state index contributed by atoms with van der Waals surface area (Å²) < 4.78 is 0. The third-order valence-electron chi connectivity index (χ3n) is 8.24. The number of nitrogens with zero attached hydrogens (tertiary/aromatic N) is 4. The van der Waals surface area contributed by atoms with Gasteiger partial charge in [0.05, 0.1) is 43.4 Å². The van der Waals surface area contributed by atoms with Gasteiger partial charge in [-0.1, -0.05) is 12.1 Å². The predicted octanol–water partition coefficient (Wildman–Crippen LogP) is 10.6. The average molecular weight is 759 g/mol. The van der Waals surface area contributed by atoms with E-state index in [1.807, 2.05) is 95.7 Å². The largest absolute Gasteiger partial charge is 0.309 e. The van der Waals surface area contributed by atoms with E-state index in [2.05, 4.69) is 12.1 Å². The minimum Gasteiger partial charge on any atom is -0.309 e. The molecule has 0 N–H and O–H groups in total. The maximum Gasteiger partial charge on any atom is 0.261 e. The summed E-state index contributed by atoms with van der Waals surface area (Å²) in [4.78, 5) is 40.6. The summed E-state index contributed by atoms with van der Waals surface area (Å²) in [6, 6.07) is 28.5. The molecule has 0 aromatic carbocycles. The van der Waals surface area contributed by atoms with Crippen molar-refractivity contribution >= 4 is 115 Å². The third kappa shape index (κ3) is 5.56. The molecule has 0 fully saturated rings. The number of hydrogen-bond donors (Lipinski definition) is 0. The highest BCUT2D eigenvalue weighted by Crippen LogP contribution is 2.49. The molecule has 0 spiro atoms. The van der Waals surface area contributed by atoms with Gasteiger partial charge in [0.25, 0.3) is 11.8 Å². The second-order valence-corrected chi connectivity index (χ2v) is 17.5. The number of carbonyl (C=O) groups is 2. The van der Waals surface area contributed by atoms with Gasteiger partial charge in [-0.05, 0) is 83.6 Å². The van der Waals surface area contributed by atoms with Gasteiger partial charge in [-0.15, -0.1) is 68.0 Å². The van der Waals surface area contributed by atoms with E-state index in [0.717, 1.165) is 48.8 Å². The van der Waals surface area contributed by atoms with Crippen molar-refractivity contribution < 1.29 is 9.59 Å². The van der Waals surface area contributed by atoms with Crippen molar-refractivity contribution in [1.29, 1.82) is 10.5 Å². The fourth-order valence-corrected chi connectivity index (χ4v) is 11.5. The molecule has 0 atom stereocenters. The van der Waals surface area contributed by atoms with Crippen LogP contribution in [0.15, 0.2) is 94.7 Å². The highest BCUT2D eigenvalue weighted by atomic mass is 32.1. The fourth-order valence-electron chi connectivity index (χ4n) is 5.89. The monoisotopic (exact) mass is 758 g/mol. The van der Waals surface area contributed by atoms with E-state index >= 15 is 0 Å². The van der Waals surface area contributed by atoms with Crippen LogP contribution in [-0.2, 0) is 9.59 Å². The SMILES string of the molecule is CN1C(=O)C2=C(c3ccc(-c4ccc(/C=C(\C#N)c5cccs5)s4)s3)N(C)C(=O)C2=C1c1ccc(-c2ccc(/C=C(\C#N)c3cccs3)s2)s1. The first-order chi connectivity index (χ1) is 24.3. The van der Waals surface area contributed by atoms with Crippen molar-refractivity contribution in [2.75, 3.05) is 14.1 Å². The Kier molecular flexibility index (Phi) is 8.45. The molecule has 0 saturated heterocycles. The predicted molar refractivity (Wildman–Crippen MR) is 210 cm³/mol. The molecule has 2 aliphatic heterocycles. The van der Waals surface area contributed by atoms with Gasteiger partial charge < -0.3 is 9.80 Å². The number of hydrogen-bond acceptors (Lipinski definition) is 10. The zero-order valence-electron chi connectivity index (χ0n) is 26.3. The summed E-state index contributed by atoms with van der Waals surface area (Å²) in [5.41, 5.74) is 3.38. The van der Waals surface area contributed by atoms with E-state index in [9.17, 15) is 20.1 Å². The lowest BCUT2D eigenvalue weighted by atomic mass is 10.1. The lowest BCUT2D eigenvalue weighted by molar-refractivity contribution is -0.123. The Morgan fingerprint density at radius 3 is 1.32 bits per heavy atom. The molecular weight excluding hydrogens is 737 g/mol. The molecule has 0 aliphatic carbocycles. The number of allylic oxidation sites excluding steroid dienone is 2. The van der Waals surface area contributed by atoms with Crippen molar-refractivity contribution in [3.8, 4) is 31.6 Å². The van der Waals surface area contributed by atoms with Gasteiger partial charge >= 0.3 is 0 Å². The molecule has 0 bridgehead atoms. The number of carbonyl (C=O) groups excluding carboxylic acids is 2. The van der Waals surface area contributed by atoms with Crippen LogP contribution in [0.4, 0.5) is 0 Å². The quantitative estimate of drug-likeness (QED) is 0.145. The number of fused-ring (bicyclic) bond motifs is 1. The maximum absolute atomic E-state index is 13.9. The van der Waals surface area contributed by atoms with Crippen molar-refractivity contribution in [2.24, 2.45) is 0 Å². The molecule has 0 radical (unpaired) electrons. The molecule has 2 aliphatic rings. The second-order valence-electron chi connectivity index (χ2n) is 11.2. The van der Waals surface area contributed by atoms with E-state index in [0.29, 0.717) is 33.7 Å². The molecule has 50 heavy (non-hydrogen) atoms. The molecule has 0 saturated carbocycles. The van der Waals surface area contributed by atoms with E-state index in [1.54, 1.807) is 69.2 Å². The molecule has 0 unspecified atom stereocenters. The Hall–Kier alpha value is -4.92. The Labute approximate surface area is 312 Å². The van der Waals surface area contributed by atoms with Gasteiger partial charge in [-0.3, -0.25) is 9.59 Å². The third-order valence-corrected chi connectivity index (χ3v) is 14.7. The van der Waals surface area contributed by atoms with Gasteiger partial charge in [0.2, 0.25) is 0 Å². The number of likely N-dealkylation sites (N-methyl/N-ethyl adjacent to an activating group) is 2. The van der Waals surface area contributed by atoms with Gasteiger partial charge in [-0.25, -0.2) is 0 Å². The van der Waals surface area contributed by atoms with Crippen LogP contribution in [-0.4, -0.2) is 35.7 Å². The molecule has 8 heterocycles. The second kappa shape index (κ2) is 13.1. The first-order valence-corrected chi connectivity index (χ1v) is 20.1. The van der Waals surface area contributed by atoms with E-state index < -0.39 is 0 Å². The van der Waals surface area contributed by atoms with Crippen molar-refractivity contribution in [3.63, 3.8) is 0 Å².